The molecule has 0 saturated carbocycles. The van der Waals surface area contributed by atoms with Gasteiger partial charge in [-0.25, -0.2) is 0 Å². The van der Waals surface area contributed by atoms with Crippen LogP contribution >= 0.6 is 0 Å². The molecule has 0 spiro atoms. The summed E-state index contributed by atoms with van der Waals surface area (Å²) in [5.41, 5.74) is 3.05. The van der Waals surface area contributed by atoms with Crippen molar-refractivity contribution >= 4 is 0 Å². The van der Waals surface area contributed by atoms with E-state index < -0.39 is 0 Å². The zero-order valence-corrected chi connectivity index (χ0v) is 13.3. The lowest BCUT2D eigenvalue weighted by Gasteiger charge is -2.43. The van der Waals surface area contributed by atoms with Crippen LogP contribution in [0.1, 0.15) is 43.9 Å². The van der Waals surface area contributed by atoms with Gasteiger partial charge in [-0.2, -0.15) is 0 Å². The van der Waals surface area contributed by atoms with Gasteiger partial charge in [-0.15, -0.1) is 0 Å². The maximum absolute atomic E-state index is 5.64. The van der Waals surface area contributed by atoms with E-state index in [1.165, 1.54) is 30.4 Å². The van der Waals surface area contributed by atoms with Gasteiger partial charge >= 0.3 is 0 Å². The quantitative estimate of drug-likeness (QED) is 0.866. The zero-order chi connectivity index (χ0) is 14.7. The molecule has 0 aromatic heterocycles. The summed E-state index contributed by atoms with van der Waals surface area (Å²) in [5, 5.41) is 3.77. The summed E-state index contributed by atoms with van der Waals surface area (Å²) < 4.78 is 5.64. The Morgan fingerprint density at radius 1 is 1.33 bits per heavy atom. The molecule has 0 amide bonds. The molecule has 1 heterocycles. The number of likely N-dealkylation sites (N-methyl/N-ethyl adjacent to an activating group) is 1. The van der Waals surface area contributed by atoms with Crippen LogP contribution < -0.4 is 5.32 Å². The van der Waals surface area contributed by atoms with Crippen LogP contribution in [0.5, 0.6) is 0 Å². The molecule has 1 aromatic rings. The highest BCUT2D eigenvalue weighted by atomic mass is 16.5. The second kappa shape index (κ2) is 6.91. The number of nitrogens with one attached hydrogen (secondary N) is 1. The maximum atomic E-state index is 5.64. The molecule has 3 rings (SSSR count). The van der Waals surface area contributed by atoms with Gasteiger partial charge in [0, 0.05) is 24.7 Å². The minimum atomic E-state index is 0.453. The van der Waals surface area contributed by atoms with E-state index in [9.17, 15) is 0 Å². The van der Waals surface area contributed by atoms with Gasteiger partial charge in [0.2, 0.25) is 0 Å². The maximum Gasteiger partial charge on any atom is 0.0619 e. The van der Waals surface area contributed by atoms with E-state index >= 15 is 0 Å². The standard InChI is InChI=1S/C18H28N2O/c1-3-19-18-16-9-5-4-7-15(16)8-6-10-17(18)20-11-12-21-13-14(20)2/h4-5,7,9,14,17-19H,3,6,8,10-13H2,1-2H3. The van der Waals surface area contributed by atoms with E-state index in [4.69, 9.17) is 4.74 Å². The van der Waals surface area contributed by atoms with E-state index in [1.54, 1.807) is 0 Å². The Hall–Kier alpha value is -0.900. The minimum absolute atomic E-state index is 0.453. The average molecular weight is 288 g/mol. The molecule has 3 heteroatoms. The largest absolute Gasteiger partial charge is 0.379 e. The fourth-order valence-electron chi connectivity index (χ4n) is 4.00. The smallest absolute Gasteiger partial charge is 0.0619 e. The second-order valence-electron chi connectivity index (χ2n) is 6.36. The highest BCUT2D eigenvalue weighted by Crippen LogP contribution is 2.33. The molecule has 1 aliphatic heterocycles. The van der Waals surface area contributed by atoms with Crippen LogP contribution in [-0.4, -0.2) is 43.3 Å². The van der Waals surface area contributed by atoms with Crippen molar-refractivity contribution in [3.05, 3.63) is 35.4 Å². The van der Waals surface area contributed by atoms with Gasteiger partial charge in [-0.3, -0.25) is 4.90 Å². The summed E-state index contributed by atoms with van der Waals surface area (Å²) in [7, 11) is 0. The van der Waals surface area contributed by atoms with Crippen LogP contribution in [0.4, 0.5) is 0 Å². The predicted molar refractivity (Wildman–Crippen MR) is 86.6 cm³/mol. The van der Waals surface area contributed by atoms with Gasteiger partial charge < -0.3 is 10.1 Å². The van der Waals surface area contributed by atoms with E-state index in [0.29, 0.717) is 18.1 Å². The van der Waals surface area contributed by atoms with Crippen molar-refractivity contribution in [3.8, 4) is 0 Å². The third-order valence-electron chi connectivity index (χ3n) is 4.99. The van der Waals surface area contributed by atoms with Gasteiger partial charge in [-0.05, 0) is 43.9 Å². The first-order valence-electron chi connectivity index (χ1n) is 8.46. The molecular formula is C18H28N2O. The molecule has 1 fully saturated rings. The Bertz CT molecular complexity index is 462. The van der Waals surface area contributed by atoms with Crippen LogP contribution in [0.3, 0.4) is 0 Å². The molecule has 116 valence electrons. The molecule has 2 aliphatic rings. The van der Waals surface area contributed by atoms with Gasteiger partial charge in [-0.1, -0.05) is 31.2 Å². The molecule has 0 radical (unpaired) electrons. The van der Waals surface area contributed by atoms with Crippen LogP contribution in [0, 0.1) is 0 Å². The first kappa shape index (κ1) is 15.0. The Morgan fingerprint density at radius 2 is 2.19 bits per heavy atom. The van der Waals surface area contributed by atoms with Crippen molar-refractivity contribution < 1.29 is 4.74 Å². The molecule has 1 saturated heterocycles. The van der Waals surface area contributed by atoms with Crippen LogP contribution in [0.2, 0.25) is 0 Å². The highest BCUT2D eigenvalue weighted by Gasteiger charge is 2.34. The van der Waals surface area contributed by atoms with Crippen molar-refractivity contribution in [1.82, 2.24) is 10.2 Å². The Balaban J connectivity index is 1.91. The molecule has 21 heavy (non-hydrogen) atoms. The predicted octanol–water partition coefficient (Wildman–Crippen LogP) is 2.76. The van der Waals surface area contributed by atoms with E-state index in [2.05, 4.69) is 48.3 Å². The molecule has 0 bridgehead atoms. The van der Waals surface area contributed by atoms with Crippen molar-refractivity contribution in [3.63, 3.8) is 0 Å². The van der Waals surface area contributed by atoms with Crippen LogP contribution in [-0.2, 0) is 11.2 Å². The van der Waals surface area contributed by atoms with E-state index in [-0.39, 0.29) is 0 Å². The van der Waals surface area contributed by atoms with Gasteiger partial charge in [0.25, 0.3) is 0 Å². The van der Waals surface area contributed by atoms with Crippen LogP contribution in [0.15, 0.2) is 24.3 Å². The number of fused-ring (bicyclic) bond motifs is 1. The van der Waals surface area contributed by atoms with Crippen molar-refractivity contribution in [2.45, 2.75) is 51.2 Å². The van der Waals surface area contributed by atoms with Crippen molar-refractivity contribution in [1.29, 1.82) is 0 Å². The number of benzene rings is 1. The Labute approximate surface area is 128 Å². The monoisotopic (exact) mass is 288 g/mol. The SMILES string of the molecule is CCNC1c2ccccc2CCCC1N1CCOCC1C. The fraction of sp³-hybridized carbons (Fsp3) is 0.667. The zero-order valence-electron chi connectivity index (χ0n) is 13.3. The number of nitrogens with zero attached hydrogens (tertiary/aromatic N) is 1. The summed E-state index contributed by atoms with van der Waals surface area (Å²) in [6.45, 7) is 8.36. The third-order valence-corrected chi connectivity index (χ3v) is 4.99. The molecule has 1 aliphatic carbocycles. The summed E-state index contributed by atoms with van der Waals surface area (Å²) in [6.07, 6.45) is 3.78. The number of morpholine rings is 1. The topological polar surface area (TPSA) is 24.5 Å². The molecular weight excluding hydrogens is 260 g/mol. The highest BCUT2D eigenvalue weighted by molar-refractivity contribution is 5.32. The number of hydrogen-bond acceptors (Lipinski definition) is 3. The lowest BCUT2D eigenvalue weighted by Crippen LogP contribution is -2.53. The molecule has 1 aromatic carbocycles. The molecule has 3 atom stereocenters. The number of hydrogen-bond donors (Lipinski definition) is 1. The van der Waals surface area contributed by atoms with Crippen LogP contribution in [0.25, 0.3) is 0 Å². The summed E-state index contributed by atoms with van der Waals surface area (Å²) in [4.78, 5) is 2.68. The van der Waals surface area contributed by atoms with Gasteiger partial charge in [0.1, 0.15) is 0 Å². The van der Waals surface area contributed by atoms with Crippen molar-refractivity contribution in [2.24, 2.45) is 0 Å². The molecule has 3 unspecified atom stereocenters. The first-order chi connectivity index (χ1) is 10.3. The summed E-state index contributed by atoms with van der Waals surface area (Å²) in [6, 6.07) is 10.6. The Morgan fingerprint density at radius 3 is 3.00 bits per heavy atom. The van der Waals surface area contributed by atoms with E-state index in [1.807, 2.05) is 0 Å². The first-order valence-corrected chi connectivity index (χ1v) is 8.46. The number of aryl methyl sites for hydroxylation is 1. The Kier molecular flexibility index (Phi) is 4.94. The number of ether oxygens (including phenoxy) is 1. The minimum Gasteiger partial charge on any atom is -0.379 e. The summed E-state index contributed by atoms with van der Waals surface area (Å²) in [5.74, 6) is 0. The fourth-order valence-corrected chi connectivity index (χ4v) is 4.00. The lowest BCUT2D eigenvalue weighted by molar-refractivity contribution is -0.0316. The summed E-state index contributed by atoms with van der Waals surface area (Å²) >= 11 is 0. The lowest BCUT2D eigenvalue weighted by atomic mass is 9.94. The average Bonchev–Trinajstić information content (AvgIpc) is 2.68. The molecule has 1 N–H and O–H groups in total. The third kappa shape index (κ3) is 3.15. The van der Waals surface area contributed by atoms with E-state index in [0.717, 1.165) is 26.3 Å². The van der Waals surface area contributed by atoms with Gasteiger partial charge in [0.05, 0.1) is 13.2 Å². The molecule has 3 nitrogen and oxygen atoms in total. The normalized spacial score (nSPS) is 30.7. The number of rotatable bonds is 3. The second-order valence-corrected chi connectivity index (χ2v) is 6.36. The van der Waals surface area contributed by atoms with Crippen molar-refractivity contribution in [2.75, 3.05) is 26.3 Å². The van der Waals surface area contributed by atoms with Gasteiger partial charge in [0.15, 0.2) is 0 Å².